The summed E-state index contributed by atoms with van der Waals surface area (Å²) >= 11 is 0.823. The lowest BCUT2D eigenvalue weighted by molar-refractivity contribution is -0.127. The summed E-state index contributed by atoms with van der Waals surface area (Å²) in [6.07, 6.45) is 1.63. The van der Waals surface area contributed by atoms with Gasteiger partial charge >= 0.3 is 0 Å². The third-order valence-corrected chi connectivity index (χ3v) is 5.11. The molecule has 0 spiro atoms. The Morgan fingerprint density at radius 3 is 2.68 bits per heavy atom. The van der Waals surface area contributed by atoms with Crippen molar-refractivity contribution >= 4 is 40.6 Å². The van der Waals surface area contributed by atoms with Gasteiger partial charge in [0.05, 0.1) is 12.0 Å². The summed E-state index contributed by atoms with van der Waals surface area (Å²) in [6.45, 7) is 3.51. The van der Waals surface area contributed by atoms with E-state index in [2.05, 4.69) is 5.32 Å². The Labute approximate surface area is 167 Å². The van der Waals surface area contributed by atoms with Crippen LogP contribution in [0.1, 0.15) is 16.7 Å². The van der Waals surface area contributed by atoms with Crippen LogP contribution in [0.25, 0.3) is 6.08 Å². The van der Waals surface area contributed by atoms with Crippen molar-refractivity contribution in [1.29, 1.82) is 0 Å². The lowest BCUT2D eigenvalue weighted by Gasteiger charge is -2.12. The minimum absolute atomic E-state index is 0.277. The van der Waals surface area contributed by atoms with Crippen LogP contribution in [0, 0.1) is 13.8 Å². The van der Waals surface area contributed by atoms with E-state index in [4.69, 9.17) is 4.74 Å². The van der Waals surface area contributed by atoms with Crippen LogP contribution in [0.2, 0.25) is 0 Å². The molecule has 2 aromatic carbocycles. The second-order valence-corrected chi connectivity index (χ2v) is 7.41. The molecule has 0 saturated carbocycles. The van der Waals surface area contributed by atoms with Gasteiger partial charge in [0.1, 0.15) is 12.3 Å². The van der Waals surface area contributed by atoms with E-state index in [1.54, 1.807) is 25.3 Å². The van der Waals surface area contributed by atoms with Gasteiger partial charge in [-0.25, -0.2) is 0 Å². The highest BCUT2D eigenvalue weighted by molar-refractivity contribution is 8.18. The van der Waals surface area contributed by atoms with Gasteiger partial charge in [0.15, 0.2) is 0 Å². The van der Waals surface area contributed by atoms with Gasteiger partial charge in [-0.1, -0.05) is 24.3 Å². The van der Waals surface area contributed by atoms with Crippen LogP contribution < -0.4 is 10.1 Å². The standard InChI is InChI=1S/C21H20N2O4S/c1-13-5-4-6-16(9-13)22-19(24)12-23-20(25)18(28-21(23)26)11-15-8-7-14(2)17(10-15)27-3/h4-11H,12H2,1-3H3,(H,22,24)/b18-11+. The number of nitrogens with one attached hydrogen (secondary N) is 1. The van der Waals surface area contributed by atoms with Crippen LogP contribution in [0.3, 0.4) is 0 Å². The van der Waals surface area contributed by atoms with Crippen LogP contribution >= 0.6 is 11.8 Å². The van der Waals surface area contributed by atoms with Crippen molar-refractivity contribution in [3.63, 3.8) is 0 Å². The highest BCUT2D eigenvalue weighted by atomic mass is 32.2. The molecule has 144 valence electrons. The molecule has 0 bridgehead atoms. The third kappa shape index (κ3) is 4.43. The van der Waals surface area contributed by atoms with E-state index in [0.29, 0.717) is 11.4 Å². The van der Waals surface area contributed by atoms with Gasteiger partial charge in [-0.15, -0.1) is 0 Å². The summed E-state index contributed by atoms with van der Waals surface area (Å²) in [6, 6.07) is 12.8. The van der Waals surface area contributed by atoms with E-state index in [1.807, 2.05) is 44.2 Å². The number of carbonyl (C=O) groups is 3. The molecule has 1 heterocycles. The molecule has 0 aromatic heterocycles. The Balaban J connectivity index is 1.72. The topological polar surface area (TPSA) is 75.7 Å². The first-order valence-corrected chi connectivity index (χ1v) is 9.45. The van der Waals surface area contributed by atoms with Gasteiger partial charge in [0.25, 0.3) is 11.1 Å². The van der Waals surface area contributed by atoms with E-state index in [-0.39, 0.29) is 11.4 Å². The smallest absolute Gasteiger partial charge is 0.294 e. The Kier molecular flexibility index (Phi) is 5.84. The second-order valence-electron chi connectivity index (χ2n) is 6.41. The maximum Gasteiger partial charge on any atom is 0.294 e. The van der Waals surface area contributed by atoms with Crippen molar-refractivity contribution in [1.82, 2.24) is 4.90 Å². The molecule has 0 unspecified atom stereocenters. The predicted octanol–water partition coefficient (Wildman–Crippen LogP) is 3.99. The van der Waals surface area contributed by atoms with Crippen LogP contribution in [0.4, 0.5) is 10.5 Å². The number of hydrogen-bond acceptors (Lipinski definition) is 5. The van der Waals surface area contributed by atoms with E-state index >= 15 is 0 Å². The average Bonchev–Trinajstić information content (AvgIpc) is 2.90. The highest BCUT2D eigenvalue weighted by Crippen LogP contribution is 2.33. The zero-order chi connectivity index (χ0) is 20.3. The van der Waals surface area contributed by atoms with Crippen molar-refractivity contribution < 1.29 is 19.1 Å². The predicted molar refractivity (Wildman–Crippen MR) is 110 cm³/mol. The zero-order valence-electron chi connectivity index (χ0n) is 15.8. The number of imide groups is 1. The molecular weight excluding hydrogens is 376 g/mol. The number of amides is 3. The molecular formula is C21H20N2O4S. The second kappa shape index (κ2) is 8.31. The summed E-state index contributed by atoms with van der Waals surface area (Å²) in [5, 5.41) is 2.24. The van der Waals surface area contributed by atoms with Gasteiger partial charge in [-0.3, -0.25) is 19.3 Å². The van der Waals surface area contributed by atoms with Crippen molar-refractivity contribution in [3.05, 3.63) is 64.1 Å². The van der Waals surface area contributed by atoms with E-state index in [1.165, 1.54) is 0 Å². The Hall–Kier alpha value is -3.06. The van der Waals surface area contributed by atoms with Gasteiger partial charge in [-0.05, 0) is 66.6 Å². The van der Waals surface area contributed by atoms with E-state index < -0.39 is 17.1 Å². The Bertz CT molecular complexity index is 984. The quantitative estimate of drug-likeness (QED) is 0.774. The third-order valence-electron chi connectivity index (χ3n) is 4.21. The number of benzene rings is 2. The van der Waals surface area contributed by atoms with Crippen molar-refractivity contribution in [2.75, 3.05) is 19.0 Å². The molecule has 3 amide bonds. The molecule has 0 radical (unpaired) electrons. The number of hydrogen-bond donors (Lipinski definition) is 1. The summed E-state index contributed by atoms with van der Waals surface area (Å²) in [4.78, 5) is 38.3. The number of rotatable bonds is 5. The van der Waals surface area contributed by atoms with Gasteiger partial charge in [0.2, 0.25) is 5.91 Å². The number of carbonyl (C=O) groups excluding carboxylic acids is 3. The fraction of sp³-hybridized carbons (Fsp3) is 0.190. The molecule has 0 aliphatic carbocycles. The first-order valence-electron chi connectivity index (χ1n) is 8.64. The van der Waals surface area contributed by atoms with Crippen LogP contribution in [-0.2, 0) is 9.59 Å². The maximum absolute atomic E-state index is 12.6. The van der Waals surface area contributed by atoms with Gasteiger partial charge < -0.3 is 10.1 Å². The molecule has 1 aliphatic heterocycles. The molecule has 1 saturated heterocycles. The fourth-order valence-electron chi connectivity index (χ4n) is 2.78. The molecule has 2 aromatic rings. The van der Waals surface area contributed by atoms with Crippen molar-refractivity contribution in [2.24, 2.45) is 0 Å². The van der Waals surface area contributed by atoms with Crippen LogP contribution in [0.15, 0.2) is 47.4 Å². The van der Waals surface area contributed by atoms with Crippen LogP contribution in [0.5, 0.6) is 5.75 Å². The normalized spacial score (nSPS) is 15.2. The SMILES string of the molecule is COc1cc(/C=C2/SC(=O)N(CC(=O)Nc3cccc(C)c3)C2=O)ccc1C. The lowest BCUT2D eigenvalue weighted by Crippen LogP contribution is -2.36. The molecule has 1 N–H and O–H groups in total. The van der Waals surface area contributed by atoms with E-state index in [0.717, 1.165) is 33.4 Å². The van der Waals surface area contributed by atoms with Crippen molar-refractivity contribution in [2.45, 2.75) is 13.8 Å². The lowest BCUT2D eigenvalue weighted by atomic mass is 10.1. The van der Waals surface area contributed by atoms with Gasteiger partial charge in [-0.2, -0.15) is 0 Å². The molecule has 3 rings (SSSR count). The number of methoxy groups -OCH3 is 1. The number of aryl methyl sites for hydroxylation is 2. The zero-order valence-corrected chi connectivity index (χ0v) is 16.6. The number of anilines is 1. The monoisotopic (exact) mass is 396 g/mol. The molecule has 1 fully saturated rings. The summed E-state index contributed by atoms with van der Waals surface area (Å²) < 4.78 is 5.29. The molecule has 6 nitrogen and oxygen atoms in total. The minimum atomic E-state index is -0.478. The largest absolute Gasteiger partial charge is 0.496 e. The average molecular weight is 396 g/mol. The molecule has 7 heteroatoms. The van der Waals surface area contributed by atoms with Crippen molar-refractivity contribution in [3.8, 4) is 5.75 Å². The Morgan fingerprint density at radius 1 is 1.18 bits per heavy atom. The molecule has 1 aliphatic rings. The number of thioether (sulfide) groups is 1. The molecule has 28 heavy (non-hydrogen) atoms. The number of ether oxygens (including phenoxy) is 1. The van der Waals surface area contributed by atoms with Gasteiger partial charge in [0, 0.05) is 5.69 Å². The Morgan fingerprint density at radius 2 is 1.96 bits per heavy atom. The molecule has 0 atom stereocenters. The fourth-order valence-corrected chi connectivity index (χ4v) is 3.62. The maximum atomic E-state index is 12.6. The van der Waals surface area contributed by atoms with E-state index in [9.17, 15) is 14.4 Å². The summed E-state index contributed by atoms with van der Waals surface area (Å²) in [5.74, 6) is -0.203. The summed E-state index contributed by atoms with van der Waals surface area (Å²) in [7, 11) is 1.58. The minimum Gasteiger partial charge on any atom is -0.496 e. The highest BCUT2D eigenvalue weighted by Gasteiger charge is 2.36. The first-order chi connectivity index (χ1) is 13.4. The van der Waals surface area contributed by atoms with Crippen LogP contribution in [-0.4, -0.2) is 35.6 Å². The first kappa shape index (κ1) is 19.7. The summed E-state index contributed by atoms with van der Waals surface area (Å²) in [5.41, 5.74) is 3.34. The number of nitrogens with zero attached hydrogens (tertiary/aromatic N) is 1.